The van der Waals surface area contributed by atoms with Crippen LogP contribution in [0.4, 0.5) is 0 Å². The summed E-state index contributed by atoms with van der Waals surface area (Å²) in [6.45, 7) is 2.80. The molecule has 1 unspecified atom stereocenters. The zero-order valence-corrected chi connectivity index (χ0v) is 22.0. The lowest BCUT2D eigenvalue weighted by Crippen LogP contribution is -2.55. The highest BCUT2D eigenvalue weighted by Gasteiger charge is 2.32. The molecule has 2 N–H and O–H groups in total. The fourth-order valence-corrected chi connectivity index (χ4v) is 5.87. The lowest BCUT2D eigenvalue weighted by atomic mass is 10.1. The van der Waals surface area contributed by atoms with Crippen molar-refractivity contribution in [3.05, 3.63) is 72.1 Å². The lowest BCUT2D eigenvalue weighted by Gasteiger charge is -2.29. The minimum atomic E-state index is -3.65. The summed E-state index contributed by atoms with van der Waals surface area (Å²) in [5, 5.41) is 9.79. The van der Waals surface area contributed by atoms with Crippen LogP contribution in [0, 0.1) is 0 Å². The van der Waals surface area contributed by atoms with Crippen molar-refractivity contribution in [1.29, 1.82) is 0 Å². The van der Waals surface area contributed by atoms with Gasteiger partial charge < -0.3 is 19.9 Å². The predicted octanol–water partition coefficient (Wildman–Crippen LogP) is 2.57. The lowest BCUT2D eigenvalue weighted by molar-refractivity contribution is -0.123. The summed E-state index contributed by atoms with van der Waals surface area (Å²) >= 11 is 0. The van der Waals surface area contributed by atoms with E-state index < -0.39 is 39.4 Å². The van der Waals surface area contributed by atoms with Gasteiger partial charge >= 0.3 is 0 Å². The average Bonchev–Trinajstić information content (AvgIpc) is 3.43. The Morgan fingerprint density at radius 3 is 2.32 bits per heavy atom. The Morgan fingerprint density at radius 2 is 1.66 bits per heavy atom. The van der Waals surface area contributed by atoms with Crippen molar-refractivity contribution in [2.75, 3.05) is 19.0 Å². The van der Waals surface area contributed by atoms with Gasteiger partial charge in [-0.3, -0.25) is 9.59 Å². The van der Waals surface area contributed by atoms with Crippen LogP contribution in [0.1, 0.15) is 42.4 Å². The summed E-state index contributed by atoms with van der Waals surface area (Å²) in [4.78, 5) is 30.7. The summed E-state index contributed by atoms with van der Waals surface area (Å²) < 4.78 is 36.7. The number of ether oxygens (including phenoxy) is 1. The molecule has 1 aliphatic heterocycles. The third-order valence-corrected chi connectivity index (χ3v) is 7.95. The van der Waals surface area contributed by atoms with Crippen molar-refractivity contribution in [3.63, 3.8) is 0 Å². The molecule has 1 amide bonds. The van der Waals surface area contributed by atoms with Crippen LogP contribution in [0.2, 0.25) is 0 Å². The molecule has 1 aliphatic rings. The monoisotopic (exact) mass is 540 g/mol. The number of rotatable bonds is 12. The van der Waals surface area contributed by atoms with Crippen LogP contribution in [0.3, 0.4) is 0 Å². The minimum absolute atomic E-state index is 0.0772. The number of aromatic nitrogens is 2. The van der Waals surface area contributed by atoms with E-state index in [2.05, 4.69) is 20.8 Å². The Labute approximate surface area is 222 Å². The molecule has 0 spiro atoms. The molecule has 0 saturated carbocycles. The van der Waals surface area contributed by atoms with E-state index in [1.807, 2.05) is 24.3 Å². The molecule has 2 aromatic carbocycles. The van der Waals surface area contributed by atoms with Gasteiger partial charge in [0, 0.05) is 24.8 Å². The highest BCUT2D eigenvalue weighted by atomic mass is 32.2. The van der Waals surface area contributed by atoms with E-state index in [1.54, 1.807) is 43.3 Å². The van der Waals surface area contributed by atoms with Crippen molar-refractivity contribution in [3.8, 4) is 11.4 Å². The number of benzene rings is 2. The van der Waals surface area contributed by atoms with E-state index in [0.29, 0.717) is 37.2 Å². The van der Waals surface area contributed by atoms with Gasteiger partial charge in [-0.2, -0.15) is 4.98 Å². The first-order valence-corrected chi connectivity index (χ1v) is 14.5. The molecule has 1 fully saturated rings. The molecule has 0 bridgehead atoms. The number of carbonyl (C=O) groups excluding carboxylic acids is 2. The second kappa shape index (κ2) is 12.9. The first-order chi connectivity index (χ1) is 18.3. The molecule has 2 heterocycles. The largest absolute Gasteiger partial charge is 0.381 e. The van der Waals surface area contributed by atoms with Crippen molar-refractivity contribution in [1.82, 2.24) is 20.8 Å². The topological polar surface area (TPSA) is 140 Å². The number of Topliss-reactive ketones (excluding diaryl/α,β-unsaturated/α-hetero) is 1. The number of hydrogen-bond donors (Lipinski definition) is 2. The number of carbonyl (C=O) groups is 2. The molecule has 1 saturated heterocycles. The molecule has 0 aliphatic carbocycles. The molecule has 1 aromatic heterocycles. The first-order valence-electron chi connectivity index (χ1n) is 12.7. The maximum Gasteiger partial charge on any atom is 0.296 e. The van der Waals surface area contributed by atoms with Crippen molar-refractivity contribution in [2.45, 2.75) is 50.1 Å². The van der Waals surface area contributed by atoms with Crippen LogP contribution in [0.25, 0.3) is 11.4 Å². The second-order valence-corrected chi connectivity index (χ2v) is 11.4. The van der Waals surface area contributed by atoms with Gasteiger partial charge in [-0.1, -0.05) is 72.7 Å². The third-order valence-electron chi connectivity index (χ3n) is 6.33. The van der Waals surface area contributed by atoms with Crippen LogP contribution in [-0.2, 0) is 25.1 Å². The van der Waals surface area contributed by atoms with Crippen LogP contribution in [-0.4, -0.2) is 67.3 Å². The van der Waals surface area contributed by atoms with Gasteiger partial charge in [-0.05, 0) is 24.8 Å². The third kappa shape index (κ3) is 7.56. The summed E-state index contributed by atoms with van der Waals surface area (Å²) in [5.41, 5.74) is 1.33. The zero-order chi connectivity index (χ0) is 27.0. The predicted molar refractivity (Wildman–Crippen MR) is 141 cm³/mol. The van der Waals surface area contributed by atoms with Crippen LogP contribution >= 0.6 is 0 Å². The van der Waals surface area contributed by atoms with E-state index in [1.165, 1.54) is 0 Å². The minimum Gasteiger partial charge on any atom is -0.381 e. The Morgan fingerprint density at radius 1 is 1.00 bits per heavy atom. The number of amides is 1. The van der Waals surface area contributed by atoms with Gasteiger partial charge in [0.25, 0.3) is 5.89 Å². The first kappa shape index (κ1) is 27.6. The highest BCUT2D eigenvalue weighted by Crippen LogP contribution is 2.17. The summed E-state index contributed by atoms with van der Waals surface area (Å²) in [6.07, 6.45) is 1.57. The zero-order valence-electron chi connectivity index (χ0n) is 21.2. The van der Waals surface area contributed by atoms with Gasteiger partial charge in [-0.25, -0.2) is 8.42 Å². The summed E-state index contributed by atoms with van der Waals surface area (Å²) in [6, 6.07) is 15.8. The summed E-state index contributed by atoms with van der Waals surface area (Å²) in [5.74, 6) is -1.66. The number of nitrogens with zero attached hydrogens (tertiary/aromatic N) is 2. The molecule has 0 radical (unpaired) electrons. The van der Waals surface area contributed by atoms with E-state index in [4.69, 9.17) is 9.26 Å². The molecule has 4 rings (SSSR count). The summed E-state index contributed by atoms with van der Waals surface area (Å²) in [7, 11) is -3.65. The maximum atomic E-state index is 13.4. The van der Waals surface area contributed by atoms with Crippen molar-refractivity contribution in [2.24, 2.45) is 0 Å². The Bertz CT molecular complexity index is 1310. The highest BCUT2D eigenvalue weighted by molar-refractivity contribution is 7.90. The van der Waals surface area contributed by atoms with Gasteiger partial charge in [0.15, 0.2) is 9.84 Å². The molecule has 3 aromatic rings. The molecule has 10 nitrogen and oxygen atoms in total. The Balaban J connectivity index is 1.47. The van der Waals surface area contributed by atoms with Crippen LogP contribution in [0.5, 0.6) is 0 Å². The van der Waals surface area contributed by atoms with Gasteiger partial charge in [0.05, 0.1) is 17.5 Å². The quantitative estimate of drug-likeness (QED) is 0.332. The second-order valence-electron chi connectivity index (χ2n) is 9.27. The number of hydrogen-bond acceptors (Lipinski definition) is 9. The Hall–Kier alpha value is -3.41. The molecule has 38 heavy (non-hydrogen) atoms. The van der Waals surface area contributed by atoms with Crippen molar-refractivity contribution < 1.29 is 27.3 Å². The fourth-order valence-electron chi connectivity index (χ4n) is 4.29. The molecule has 202 valence electrons. The van der Waals surface area contributed by atoms with Crippen LogP contribution in [0.15, 0.2) is 65.2 Å². The molecule has 11 heteroatoms. The molecule has 2 atom stereocenters. The van der Waals surface area contributed by atoms with E-state index in [9.17, 15) is 18.0 Å². The van der Waals surface area contributed by atoms with Gasteiger partial charge in [0.1, 0.15) is 6.04 Å². The van der Waals surface area contributed by atoms with Crippen LogP contribution < -0.4 is 10.6 Å². The standard InChI is InChI=1S/C27H32N4O6S/c1-2-22(24(32)27-30-25(31-37-27)20-11-7-4-8-12-20)29-26(33)23(28-21-13-15-36-16-14-21)18-38(34,35)17-19-9-5-3-6-10-19/h3-12,21-23,28H,2,13-18H2,1H3,(H,29,33)/t22?,23-/m0/s1. The number of nitrogens with one attached hydrogen (secondary N) is 2. The number of sulfone groups is 1. The SMILES string of the molecule is CCC(NC(=O)[C@H](CS(=O)(=O)Cc1ccccc1)NC1CCOCC1)C(=O)c1nc(-c2ccccc2)no1. The van der Waals surface area contributed by atoms with Crippen molar-refractivity contribution >= 4 is 21.5 Å². The average molecular weight is 541 g/mol. The van der Waals surface area contributed by atoms with E-state index in [-0.39, 0.29) is 29.9 Å². The van der Waals surface area contributed by atoms with Gasteiger partial charge in [-0.15, -0.1) is 0 Å². The molecular formula is C27H32N4O6S. The van der Waals surface area contributed by atoms with Gasteiger partial charge in [0.2, 0.25) is 17.5 Å². The fraction of sp³-hybridized carbons (Fsp3) is 0.407. The normalized spacial score (nSPS) is 16.0. The maximum absolute atomic E-state index is 13.4. The number of ketones is 1. The molecular weight excluding hydrogens is 508 g/mol. The van der Waals surface area contributed by atoms with E-state index >= 15 is 0 Å². The smallest absolute Gasteiger partial charge is 0.296 e. The van der Waals surface area contributed by atoms with E-state index in [0.717, 1.165) is 0 Å². The Kier molecular flexibility index (Phi) is 9.38.